The van der Waals surface area contributed by atoms with E-state index in [0.29, 0.717) is 24.7 Å². The Hall–Kier alpha value is -2.77. The molecule has 1 aliphatic carbocycles. The van der Waals surface area contributed by atoms with Crippen molar-refractivity contribution in [2.75, 3.05) is 13.1 Å². The van der Waals surface area contributed by atoms with Crippen LogP contribution in [0.4, 0.5) is 0 Å². The lowest BCUT2D eigenvalue weighted by molar-refractivity contribution is 0.0699. The first-order chi connectivity index (χ1) is 12.1. The summed E-state index contributed by atoms with van der Waals surface area (Å²) in [5.74, 6) is 0.685. The third-order valence-corrected chi connectivity index (χ3v) is 4.83. The van der Waals surface area contributed by atoms with Gasteiger partial charge in [-0.15, -0.1) is 0 Å². The Morgan fingerprint density at radius 2 is 2.04 bits per heavy atom. The Bertz CT molecular complexity index is 813. The lowest BCUT2D eigenvalue weighted by atomic mass is 9.94. The summed E-state index contributed by atoms with van der Waals surface area (Å²) in [6.45, 7) is 1.27. The molecule has 0 unspecified atom stereocenters. The van der Waals surface area contributed by atoms with Crippen molar-refractivity contribution in [2.45, 2.75) is 37.5 Å². The zero-order valence-corrected chi connectivity index (χ0v) is 13.8. The van der Waals surface area contributed by atoms with Crippen molar-refractivity contribution in [2.24, 2.45) is 5.73 Å². The van der Waals surface area contributed by atoms with E-state index in [1.165, 1.54) is 0 Å². The van der Waals surface area contributed by atoms with Crippen LogP contribution in [0.5, 0.6) is 0 Å². The molecule has 0 radical (unpaired) electrons. The monoisotopic (exact) mass is 340 g/mol. The van der Waals surface area contributed by atoms with E-state index in [0.717, 1.165) is 37.2 Å². The molecule has 1 aliphatic heterocycles. The number of amides is 2. The van der Waals surface area contributed by atoms with Crippen LogP contribution in [0, 0.1) is 0 Å². The summed E-state index contributed by atoms with van der Waals surface area (Å²) in [4.78, 5) is 34.6. The molecule has 3 heterocycles. The molecule has 8 heteroatoms. The molecular weight excluding hydrogens is 320 g/mol. The third-order valence-electron chi connectivity index (χ3n) is 4.83. The maximum atomic E-state index is 12.8. The summed E-state index contributed by atoms with van der Waals surface area (Å²) in [5.41, 5.74) is 6.78. The number of aromatic nitrogens is 4. The Morgan fingerprint density at radius 3 is 2.76 bits per heavy atom. The second-order valence-electron chi connectivity index (χ2n) is 6.74. The Balaban J connectivity index is 1.49. The summed E-state index contributed by atoms with van der Waals surface area (Å²) >= 11 is 0. The average Bonchev–Trinajstić information content (AvgIpc) is 3.37. The van der Waals surface area contributed by atoms with Crippen molar-refractivity contribution in [1.29, 1.82) is 0 Å². The highest BCUT2D eigenvalue weighted by molar-refractivity contribution is 5.92. The number of carbonyl (C=O) groups excluding carboxylic acids is 2. The van der Waals surface area contributed by atoms with Gasteiger partial charge in [-0.25, -0.2) is 9.97 Å². The fourth-order valence-corrected chi connectivity index (χ4v) is 3.28. The summed E-state index contributed by atoms with van der Waals surface area (Å²) in [6, 6.07) is 3.36. The zero-order valence-electron chi connectivity index (χ0n) is 13.8. The second kappa shape index (κ2) is 6.27. The van der Waals surface area contributed by atoms with E-state index >= 15 is 0 Å². The fourth-order valence-electron chi connectivity index (χ4n) is 3.28. The predicted molar refractivity (Wildman–Crippen MR) is 89.0 cm³/mol. The molecule has 2 fully saturated rings. The van der Waals surface area contributed by atoms with Crippen LogP contribution < -0.4 is 5.73 Å². The molecule has 130 valence electrons. The lowest BCUT2D eigenvalue weighted by Crippen LogP contribution is -2.39. The van der Waals surface area contributed by atoms with Gasteiger partial charge in [-0.3, -0.25) is 14.7 Å². The Labute approximate surface area is 144 Å². The number of rotatable bonds is 4. The number of hydrogen-bond acceptors (Lipinski definition) is 5. The van der Waals surface area contributed by atoms with E-state index in [2.05, 4.69) is 20.2 Å². The smallest absolute Gasteiger partial charge is 0.272 e. The summed E-state index contributed by atoms with van der Waals surface area (Å²) in [5, 5.41) is 6.81. The molecule has 2 aromatic rings. The largest absolute Gasteiger partial charge is 0.364 e. The predicted octanol–water partition coefficient (Wildman–Crippen LogP) is 1.20. The number of likely N-dealkylation sites (tertiary alicyclic amines) is 1. The van der Waals surface area contributed by atoms with Crippen molar-refractivity contribution in [3.8, 4) is 0 Å². The minimum atomic E-state index is -0.556. The van der Waals surface area contributed by atoms with Crippen LogP contribution in [0.15, 0.2) is 18.3 Å². The number of carbonyl (C=O) groups is 2. The first-order valence-electron chi connectivity index (χ1n) is 8.59. The van der Waals surface area contributed by atoms with Crippen LogP contribution in [0.1, 0.15) is 70.0 Å². The van der Waals surface area contributed by atoms with Crippen LogP contribution >= 0.6 is 0 Å². The van der Waals surface area contributed by atoms with Gasteiger partial charge in [-0.1, -0.05) is 0 Å². The molecule has 2 aliphatic rings. The highest BCUT2D eigenvalue weighted by atomic mass is 16.2. The van der Waals surface area contributed by atoms with Crippen LogP contribution in [0.2, 0.25) is 0 Å². The normalized spacial score (nSPS) is 20.5. The molecule has 1 saturated heterocycles. The molecule has 2 amide bonds. The summed E-state index contributed by atoms with van der Waals surface area (Å²) in [6.07, 6.45) is 5.70. The fraction of sp³-hybridized carbons (Fsp3) is 0.471. The number of nitrogens with one attached hydrogen (secondary N) is 1. The lowest BCUT2D eigenvalue weighted by Gasteiger charge is -2.32. The van der Waals surface area contributed by atoms with Crippen molar-refractivity contribution in [3.05, 3.63) is 41.2 Å². The molecule has 4 rings (SSSR count). The molecular formula is C17H20N6O2. The Kier molecular flexibility index (Phi) is 3.95. The number of piperidine rings is 1. The van der Waals surface area contributed by atoms with Gasteiger partial charge in [0.25, 0.3) is 11.8 Å². The van der Waals surface area contributed by atoms with Crippen LogP contribution in [0.25, 0.3) is 0 Å². The van der Waals surface area contributed by atoms with Crippen LogP contribution in [-0.4, -0.2) is 50.0 Å². The number of nitrogens with zero attached hydrogens (tertiary/aromatic N) is 4. The molecule has 0 aromatic carbocycles. The quantitative estimate of drug-likeness (QED) is 0.867. The topological polar surface area (TPSA) is 118 Å². The highest BCUT2D eigenvalue weighted by Gasteiger charge is 2.30. The van der Waals surface area contributed by atoms with Crippen molar-refractivity contribution < 1.29 is 9.59 Å². The molecule has 1 atom stereocenters. The van der Waals surface area contributed by atoms with E-state index in [1.54, 1.807) is 18.3 Å². The van der Waals surface area contributed by atoms with E-state index in [9.17, 15) is 9.59 Å². The summed E-state index contributed by atoms with van der Waals surface area (Å²) in [7, 11) is 0. The molecule has 8 nitrogen and oxygen atoms in total. The molecule has 0 bridgehead atoms. The van der Waals surface area contributed by atoms with E-state index in [1.807, 2.05) is 4.90 Å². The molecule has 25 heavy (non-hydrogen) atoms. The minimum Gasteiger partial charge on any atom is -0.364 e. The van der Waals surface area contributed by atoms with Crippen molar-refractivity contribution in [1.82, 2.24) is 25.1 Å². The SMILES string of the molecule is NC(=O)c1cc([C@@H]2CCCN(C(=O)c3ccnc(C4CC4)n3)C2)[nH]n1. The maximum Gasteiger partial charge on any atom is 0.272 e. The van der Waals surface area contributed by atoms with Gasteiger partial charge in [-0.2, -0.15) is 5.10 Å². The first-order valence-corrected chi connectivity index (χ1v) is 8.59. The summed E-state index contributed by atoms with van der Waals surface area (Å²) < 4.78 is 0. The average molecular weight is 340 g/mol. The number of hydrogen-bond donors (Lipinski definition) is 2. The number of H-pyrrole nitrogens is 1. The third kappa shape index (κ3) is 3.24. The van der Waals surface area contributed by atoms with E-state index in [-0.39, 0.29) is 17.5 Å². The van der Waals surface area contributed by atoms with Gasteiger partial charge < -0.3 is 10.6 Å². The van der Waals surface area contributed by atoms with Gasteiger partial charge in [0.1, 0.15) is 17.2 Å². The van der Waals surface area contributed by atoms with Gasteiger partial charge in [0.2, 0.25) is 0 Å². The van der Waals surface area contributed by atoms with Crippen molar-refractivity contribution in [3.63, 3.8) is 0 Å². The van der Waals surface area contributed by atoms with Crippen LogP contribution in [0.3, 0.4) is 0 Å². The van der Waals surface area contributed by atoms with Gasteiger partial charge in [0.05, 0.1) is 0 Å². The second-order valence-corrected chi connectivity index (χ2v) is 6.74. The zero-order chi connectivity index (χ0) is 17.4. The highest BCUT2D eigenvalue weighted by Crippen LogP contribution is 2.37. The molecule has 1 saturated carbocycles. The maximum absolute atomic E-state index is 12.8. The van der Waals surface area contributed by atoms with Crippen LogP contribution in [-0.2, 0) is 0 Å². The van der Waals surface area contributed by atoms with Gasteiger partial charge in [0, 0.05) is 36.8 Å². The number of primary amides is 1. The standard InChI is InChI=1S/C17H20N6O2/c18-15(24)14-8-13(21-22-14)11-2-1-7-23(9-11)17(25)12-5-6-19-16(20-12)10-3-4-10/h5-6,8,10-11H,1-4,7,9H2,(H2,18,24)(H,21,22)/t11-/m1/s1. The first kappa shape index (κ1) is 15.7. The molecule has 0 spiro atoms. The van der Waals surface area contributed by atoms with Gasteiger partial charge in [0.15, 0.2) is 0 Å². The number of nitrogens with two attached hydrogens (primary N) is 1. The van der Waals surface area contributed by atoms with E-state index in [4.69, 9.17) is 5.73 Å². The molecule has 2 aromatic heterocycles. The van der Waals surface area contributed by atoms with Gasteiger partial charge in [-0.05, 0) is 37.8 Å². The Morgan fingerprint density at radius 1 is 1.20 bits per heavy atom. The van der Waals surface area contributed by atoms with Crippen molar-refractivity contribution >= 4 is 11.8 Å². The number of aromatic amines is 1. The van der Waals surface area contributed by atoms with Gasteiger partial charge >= 0.3 is 0 Å². The molecule has 3 N–H and O–H groups in total. The minimum absolute atomic E-state index is 0.0661. The van der Waals surface area contributed by atoms with E-state index < -0.39 is 5.91 Å².